The molecule has 1 fully saturated rings. The second kappa shape index (κ2) is 4.99. The molecule has 0 aromatic rings. The van der Waals surface area contributed by atoms with Crippen LogP contribution in [0.4, 0.5) is 0 Å². The highest BCUT2D eigenvalue weighted by atomic mass is 16.5. The predicted octanol–water partition coefficient (Wildman–Crippen LogP) is 3.34. The second-order valence-corrected chi connectivity index (χ2v) is 5.32. The largest absolute Gasteiger partial charge is 0.381 e. The standard InChI is InChI=1S/C12H24O/c1-9(2)5-11-6-12(11)8-13-7-10(3)4/h9-12H,5-8H2,1-4H3/t11-,12+/m0/s1. The summed E-state index contributed by atoms with van der Waals surface area (Å²) in [6.07, 6.45) is 2.81. The Bertz CT molecular complexity index is 140. The Morgan fingerprint density at radius 3 is 2.31 bits per heavy atom. The van der Waals surface area contributed by atoms with E-state index in [0.717, 1.165) is 31.0 Å². The van der Waals surface area contributed by atoms with Gasteiger partial charge in [0.25, 0.3) is 0 Å². The third-order valence-electron chi connectivity index (χ3n) is 2.63. The smallest absolute Gasteiger partial charge is 0.0497 e. The van der Waals surface area contributed by atoms with E-state index in [-0.39, 0.29) is 0 Å². The van der Waals surface area contributed by atoms with Crippen molar-refractivity contribution in [2.75, 3.05) is 13.2 Å². The van der Waals surface area contributed by atoms with E-state index in [1.165, 1.54) is 12.8 Å². The van der Waals surface area contributed by atoms with E-state index in [1.54, 1.807) is 0 Å². The molecule has 1 aliphatic rings. The molecule has 2 atom stereocenters. The first-order valence-corrected chi connectivity index (χ1v) is 5.67. The second-order valence-electron chi connectivity index (χ2n) is 5.32. The molecule has 0 unspecified atom stereocenters. The third kappa shape index (κ3) is 4.66. The maximum Gasteiger partial charge on any atom is 0.0497 e. The van der Waals surface area contributed by atoms with Gasteiger partial charge >= 0.3 is 0 Å². The van der Waals surface area contributed by atoms with Crippen LogP contribution in [-0.2, 0) is 4.74 Å². The highest BCUT2D eigenvalue weighted by Gasteiger charge is 2.36. The summed E-state index contributed by atoms with van der Waals surface area (Å²) in [4.78, 5) is 0. The minimum absolute atomic E-state index is 0.683. The molecule has 0 aromatic heterocycles. The van der Waals surface area contributed by atoms with Crippen LogP contribution >= 0.6 is 0 Å². The summed E-state index contributed by atoms with van der Waals surface area (Å²) in [6.45, 7) is 11.0. The van der Waals surface area contributed by atoms with Gasteiger partial charge in [-0.15, -0.1) is 0 Å². The molecule has 1 rings (SSSR count). The zero-order chi connectivity index (χ0) is 9.84. The average molecular weight is 184 g/mol. The van der Waals surface area contributed by atoms with Crippen LogP contribution in [0.1, 0.15) is 40.5 Å². The number of hydrogen-bond donors (Lipinski definition) is 0. The Hall–Kier alpha value is -0.0400. The molecule has 13 heavy (non-hydrogen) atoms. The third-order valence-corrected chi connectivity index (χ3v) is 2.63. The summed E-state index contributed by atoms with van der Waals surface area (Å²) >= 11 is 0. The minimum atomic E-state index is 0.683. The van der Waals surface area contributed by atoms with Gasteiger partial charge in [0.2, 0.25) is 0 Å². The summed E-state index contributed by atoms with van der Waals surface area (Å²) in [5.74, 6) is 3.41. The van der Waals surface area contributed by atoms with Crippen LogP contribution in [-0.4, -0.2) is 13.2 Å². The molecular formula is C12H24O. The number of hydrogen-bond acceptors (Lipinski definition) is 1. The fourth-order valence-electron chi connectivity index (χ4n) is 1.86. The molecule has 0 aromatic carbocycles. The molecule has 0 spiro atoms. The van der Waals surface area contributed by atoms with Crippen molar-refractivity contribution in [2.45, 2.75) is 40.5 Å². The summed E-state index contributed by atoms with van der Waals surface area (Å²) in [5.41, 5.74) is 0. The van der Waals surface area contributed by atoms with Gasteiger partial charge in [-0.3, -0.25) is 0 Å². The van der Waals surface area contributed by atoms with E-state index >= 15 is 0 Å². The lowest BCUT2D eigenvalue weighted by Crippen LogP contribution is -2.05. The van der Waals surface area contributed by atoms with Crippen LogP contribution in [0.2, 0.25) is 0 Å². The Morgan fingerprint density at radius 1 is 1.08 bits per heavy atom. The molecule has 1 heteroatoms. The fourth-order valence-corrected chi connectivity index (χ4v) is 1.86. The first-order valence-electron chi connectivity index (χ1n) is 5.67. The van der Waals surface area contributed by atoms with Gasteiger partial charge in [0, 0.05) is 13.2 Å². The first kappa shape index (κ1) is 11.0. The van der Waals surface area contributed by atoms with Crippen molar-refractivity contribution in [3.05, 3.63) is 0 Å². The molecule has 1 nitrogen and oxygen atoms in total. The van der Waals surface area contributed by atoms with E-state index in [4.69, 9.17) is 4.74 Å². The van der Waals surface area contributed by atoms with Crippen molar-refractivity contribution in [2.24, 2.45) is 23.7 Å². The molecule has 0 bridgehead atoms. The minimum Gasteiger partial charge on any atom is -0.381 e. The molecule has 0 N–H and O–H groups in total. The van der Waals surface area contributed by atoms with E-state index < -0.39 is 0 Å². The topological polar surface area (TPSA) is 9.23 Å². The summed E-state index contributed by atoms with van der Waals surface area (Å²) in [6, 6.07) is 0. The quantitative estimate of drug-likeness (QED) is 0.615. The summed E-state index contributed by atoms with van der Waals surface area (Å²) in [5, 5.41) is 0. The van der Waals surface area contributed by atoms with Gasteiger partial charge in [-0.25, -0.2) is 0 Å². The lowest BCUT2D eigenvalue weighted by molar-refractivity contribution is 0.0974. The highest BCUT2D eigenvalue weighted by molar-refractivity contribution is 4.86. The fraction of sp³-hybridized carbons (Fsp3) is 1.00. The average Bonchev–Trinajstić information content (AvgIpc) is 2.65. The molecule has 0 heterocycles. The molecule has 0 aliphatic heterocycles. The van der Waals surface area contributed by atoms with Crippen molar-refractivity contribution >= 4 is 0 Å². The van der Waals surface area contributed by atoms with Crippen LogP contribution in [0, 0.1) is 23.7 Å². The van der Waals surface area contributed by atoms with Crippen LogP contribution in [0.3, 0.4) is 0 Å². The maximum atomic E-state index is 5.63. The zero-order valence-corrected chi connectivity index (χ0v) is 9.55. The Morgan fingerprint density at radius 2 is 1.77 bits per heavy atom. The SMILES string of the molecule is CC(C)COC[C@H]1C[C@@H]1CC(C)C. The van der Waals surface area contributed by atoms with Gasteiger partial charge in [-0.1, -0.05) is 27.7 Å². The first-order chi connectivity index (χ1) is 6.09. The number of ether oxygens (including phenoxy) is 1. The Kier molecular flexibility index (Phi) is 4.24. The predicted molar refractivity (Wildman–Crippen MR) is 56.7 cm³/mol. The van der Waals surface area contributed by atoms with Crippen molar-refractivity contribution < 1.29 is 4.74 Å². The van der Waals surface area contributed by atoms with Crippen molar-refractivity contribution in [3.63, 3.8) is 0 Å². The normalized spacial score (nSPS) is 27.2. The molecule has 0 radical (unpaired) electrons. The van der Waals surface area contributed by atoms with E-state index in [0.29, 0.717) is 5.92 Å². The Balaban J connectivity index is 1.95. The summed E-state index contributed by atoms with van der Waals surface area (Å²) in [7, 11) is 0. The van der Waals surface area contributed by atoms with Gasteiger partial charge in [0.05, 0.1) is 0 Å². The molecule has 78 valence electrons. The van der Waals surface area contributed by atoms with Crippen LogP contribution in [0.25, 0.3) is 0 Å². The van der Waals surface area contributed by atoms with Crippen LogP contribution < -0.4 is 0 Å². The van der Waals surface area contributed by atoms with Crippen molar-refractivity contribution in [1.82, 2.24) is 0 Å². The lowest BCUT2D eigenvalue weighted by atomic mass is 10.1. The van der Waals surface area contributed by atoms with E-state index in [2.05, 4.69) is 27.7 Å². The van der Waals surface area contributed by atoms with Gasteiger partial charge in [0.15, 0.2) is 0 Å². The zero-order valence-electron chi connectivity index (χ0n) is 9.55. The van der Waals surface area contributed by atoms with Crippen molar-refractivity contribution in [3.8, 4) is 0 Å². The van der Waals surface area contributed by atoms with Gasteiger partial charge in [-0.05, 0) is 36.5 Å². The lowest BCUT2D eigenvalue weighted by Gasteiger charge is -2.07. The monoisotopic (exact) mass is 184 g/mol. The highest BCUT2D eigenvalue weighted by Crippen LogP contribution is 2.43. The molecule has 1 aliphatic carbocycles. The van der Waals surface area contributed by atoms with E-state index in [9.17, 15) is 0 Å². The van der Waals surface area contributed by atoms with Gasteiger partial charge < -0.3 is 4.74 Å². The van der Waals surface area contributed by atoms with Gasteiger partial charge in [0.1, 0.15) is 0 Å². The van der Waals surface area contributed by atoms with Crippen molar-refractivity contribution in [1.29, 1.82) is 0 Å². The Labute approximate surface area is 82.9 Å². The van der Waals surface area contributed by atoms with E-state index in [1.807, 2.05) is 0 Å². The van der Waals surface area contributed by atoms with Crippen LogP contribution in [0.5, 0.6) is 0 Å². The maximum absolute atomic E-state index is 5.63. The number of rotatable bonds is 6. The van der Waals surface area contributed by atoms with Crippen LogP contribution in [0.15, 0.2) is 0 Å². The molecule has 1 saturated carbocycles. The molecule has 0 amide bonds. The molecular weight excluding hydrogens is 160 g/mol. The van der Waals surface area contributed by atoms with Gasteiger partial charge in [-0.2, -0.15) is 0 Å². The molecule has 0 saturated heterocycles. The summed E-state index contributed by atoms with van der Waals surface area (Å²) < 4.78 is 5.63.